The van der Waals surface area contributed by atoms with Crippen LogP contribution in [-0.4, -0.2) is 119 Å². The molecule has 3 N–H and O–H groups in total. The first-order valence-electron chi connectivity index (χ1n) is 14.3. The predicted molar refractivity (Wildman–Crippen MR) is 154 cm³/mol. The molecule has 11 nitrogen and oxygen atoms in total. The van der Waals surface area contributed by atoms with Gasteiger partial charge in [-0.05, 0) is 60.9 Å². The maximum absolute atomic E-state index is 13.8. The number of rotatable bonds is 5. The van der Waals surface area contributed by atoms with Crippen LogP contribution in [0.25, 0.3) is 0 Å². The summed E-state index contributed by atoms with van der Waals surface area (Å²) in [7, 11) is 5.15. The minimum absolute atomic E-state index is 0.0874. The maximum atomic E-state index is 13.8. The number of hydrogen-bond donors (Lipinski definition) is 3. The molecule has 0 aromatic rings. The van der Waals surface area contributed by atoms with Gasteiger partial charge in [-0.2, -0.15) is 0 Å². The van der Waals surface area contributed by atoms with E-state index in [0.717, 1.165) is 11.8 Å². The van der Waals surface area contributed by atoms with Gasteiger partial charge in [-0.1, -0.05) is 20.8 Å². The summed E-state index contributed by atoms with van der Waals surface area (Å²) in [5, 5.41) is 33.5. The van der Waals surface area contributed by atoms with Gasteiger partial charge in [0.05, 0.1) is 23.9 Å². The van der Waals surface area contributed by atoms with E-state index in [0.29, 0.717) is 6.42 Å². The lowest BCUT2D eigenvalue weighted by Gasteiger charge is -2.47. The molecular formula is C29H51NO10S. The van der Waals surface area contributed by atoms with E-state index < -0.39 is 76.7 Å². The predicted octanol–water partition coefficient (Wildman–Crippen LogP) is 1.63. The van der Waals surface area contributed by atoms with Crippen LogP contribution in [-0.2, 0) is 33.3 Å². The molecule has 0 aliphatic carbocycles. The Bertz CT molecular complexity index is 931. The molecule has 0 saturated carbocycles. The number of Topliss-reactive ketones (excluding diaryl/α,β-unsaturated/α-hetero) is 2. The van der Waals surface area contributed by atoms with E-state index in [-0.39, 0.29) is 24.3 Å². The standard InChI is InChI=1S/C29H51NO10S/c1-14-13-28(6,37-10)24(39-26-22(33)19(30(8)9)12-15(2)38-26)17(4)21(32)18(5)25(35)40-27(41-11)29(7,36)23(34)16(3)20(14)31/h14-19,22-24,26-27,33-34,36H,12-13H2,1-11H3/t14-,15-,16-,17+,18-,19+,22-,23-,24-,26?,27?,28+,29+/m1/s1. The van der Waals surface area contributed by atoms with Crippen LogP contribution in [0.3, 0.4) is 0 Å². The van der Waals surface area contributed by atoms with E-state index in [2.05, 4.69) is 0 Å². The lowest BCUT2D eigenvalue weighted by Crippen LogP contribution is -2.59. The Balaban J connectivity index is 2.61. The number of likely N-dealkylation sites (N-methyl/N-ethyl adjacent to an activating group) is 1. The van der Waals surface area contributed by atoms with Crippen LogP contribution in [0.2, 0.25) is 0 Å². The monoisotopic (exact) mass is 605 g/mol. The Morgan fingerprint density at radius 1 is 1.00 bits per heavy atom. The van der Waals surface area contributed by atoms with Gasteiger partial charge >= 0.3 is 5.97 Å². The minimum atomic E-state index is -1.98. The SMILES string of the molecule is CO[C@@]1(C)C[C@@H](C)C(=O)[C@@H](C)[C@@H](O)[C@](C)(O)C(SC)OC(=O)[C@H](C)C(=O)[C@H](C)[C@H]1OC1O[C@H](C)C[C@H](N(C)C)[C@H]1O. The number of carbonyl (C=O) groups is 3. The fraction of sp³-hybridized carbons (Fsp3) is 0.897. The van der Waals surface area contributed by atoms with Gasteiger partial charge in [0, 0.05) is 30.9 Å². The summed E-state index contributed by atoms with van der Waals surface area (Å²) in [5.41, 5.74) is -4.48. The van der Waals surface area contributed by atoms with Crippen molar-refractivity contribution in [1.29, 1.82) is 0 Å². The number of carbonyl (C=O) groups excluding carboxylic acids is 3. The molecule has 2 fully saturated rings. The van der Waals surface area contributed by atoms with Crippen LogP contribution in [0.5, 0.6) is 0 Å². The Labute approximate surface area is 248 Å². The smallest absolute Gasteiger partial charge is 0.317 e. The van der Waals surface area contributed by atoms with Crippen molar-refractivity contribution in [2.24, 2.45) is 23.7 Å². The van der Waals surface area contributed by atoms with Crippen LogP contribution in [0.1, 0.15) is 61.3 Å². The second kappa shape index (κ2) is 14.1. The van der Waals surface area contributed by atoms with Crippen molar-refractivity contribution in [2.45, 2.75) is 115 Å². The van der Waals surface area contributed by atoms with Crippen molar-refractivity contribution in [3.8, 4) is 0 Å². The third-order valence-corrected chi connectivity index (χ3v) is 9.94. The first kappa shape index (κ1) is 36.1. The summed E-state index contributed by atoms with van der Waals surface area (Å²) in [6.45, 7) is 11.1. The van der Waals surface area contributed by atoms with Crippen LogP contribution in [0, 0.1) is 23.7 Å². The number of esters is 1. The minimum Gasteiger partial charge on any atom is -0.448 e. The molecule has 13 atom stereocenters. The maximum Gasteiger partial charge on any atom is 0.317 e. The first-order valence-corrected chi connectivity index (χ1v) is 15.5. The molecule has 2 aliphatic rings. The highest BCUT2D eigenvalue weighted by Crippen LogP contribution is 2.38. The summed E-state index contributed by atoms with van der Waals surface area (Å²) in [6.07, 6.45) is -2.75. The van der Waals surface area contributed by atoms with Gasteiger partial charge in [0.2, 0.25) is 0 Å². The molecule has 0 radical (unpaired) electrons. The van der Waals surface area contributed by atoms with Gasteiger partial charge in [0.25, 0.3) is 0 Å². The summed E-state index contributed by atoms with van der Waals surface area (Å²) in [4.78, 5) is 42.4. The summed E-state index contributed by atoms with van der Waals surface area (Å²) in [6, 6.07) is -0.268. The normalized spacial score (nSPS) is 45.8. The number of cyclic esters (lactones) is 1. The zero-order valence-corrected chi connectivity index (χ0v) is 27.1. The average molecular weight is 606 g/mol. The average Bonchev–Trinajstić information content (AvgIpc) is 2.92. The zero-order chi connectivity index (χ0) is 31.6. The van der Waals surface area contributed by atoms with Crippen molar-refractivity contribution in [3.63, 3.8) is 0 Å². The molecule has 2 unspecified atom stereocenters. The number of methoxy groups -OCH3 is 1. The molecule has 238 valence electrons. The van der Waals surface area contributed by atoms with Gasteiger partial charge < -0.3 is 39.2 Å². The molecule has 12 heteroatoms. The van der Waals surface area contributed by atoms with E-state index >= 15 is 0 Å². The number of ether oxygens (including phenoxy) is 4. The van der Waals surface area contributed by atoms with E-state index in [1.165, 1.54) is 27.9 Å². The molecule has 2 heterocycles. The molecule has 0 amide bonds. The highest BCUT2D eigenvalue weighted by molar-refractivity contribution is 7.99. The van der Waals surface area contributed by atoms with Gasteiger partial charge in [-0.15, -0.1) is 11.8 Å². The van der Waals surface area contributed by atoms with Gasteiger partial charge in [0.15, 0.2) is 17.5 Å². The van der Waals surface area contributed by atoms with E-state index in [4.69, 9.17) is 18.9 Å². The Kier molecular flexibility index (Phi) is 12.4. The largest absolute Gasteiger partial charge is 0.448 e. The van der Waals surface area contributed by atoms with Crippen LogP contribution in [0.15, 0.2) is 0 Å². The van der Waals surface area contributed by atoms with Gasteiger partial charge in [-0.25, -0.2) is 0 Å². The van der Waals surface area contributed by atoms with Crippen LogP contribution in [0.4, 0.5) is 0 Å². The summed E-state index contributed by atoms with van der Waals surface area (Å²) in [5.74, 6) is -5.62. The molecular weight excluding hydrogens is 554 g/mol. The number of nitrogens with zero attached hydrogens (tertiary/aromatic N) is 1. The number of ketones is 2. The molecule has 0 aromatic heterocycles. The number of aliphatic hydroxyl groups excluding tert-OH is 2. The quantitative estimate of drug-likeness (QED) is 0.309. The second-order valence-electron chi connectivity index (χ2n) is 12.5. The van der Waals surface area contributed by atoms with Crippen molar-refractivity contribution in [3.05, 3.63) is 0 Å². The molecule has 2 rings (SSSR count). The van der Waals surface area contributed by atoms with E-state index in [1.54, 1.807) is 27.0 Å². The number of hydrogen-bond acceptors (Lipinski definition) is 12. The molecule has 0 bridgehead atoms. The van der Waals surface area contributed by atoms with Gasteiger partial charge in [-0.3, -0.25) is 14.4 Å². The topological polar surface area (TPSA) is 152 Å². The summed E-state index contributed by atoms with van der Waals surface area (Å²) < 4.78 is 23.9. The Hall–Kier alpha value is -1.12. The van der Waals surface area contributed by atoms with Gasteiger partial charge in [0.1, 0.15) is 23.4 Å². The highest BCUT2D eigenvalue weighted by Gasteiger charge is 2.52. The Morgan fingerprint density at radius 2 is 1.59 bits per heavy atom. The van der Waals surface area contributed by atoms with Crippen molar-refractivity contribution in [1.82, 2.24) is 4.90 Å². The fourth-order valence-corrected chi connectivity index (χ4v) is 6.94. The highest BCUT2D eigenvalue weighted by atomic mass is 32.2. The van der Waals surface area contributed by atoms with Crippen molar-refractivity contribution >= 4 is 29.3 Å². The third kappa shape index (κ3) is 7.70. The molecule has 2 saturated heterocycles. The number of thioether (sulfide) groups is 1. The lowest BCUT2D eigenvalue weighted by atomic mass is 9.75. The zero-order valence-electron chi connectivity index (χ0n) is 26.3. The van der Waals surface area contributed by atoms with E-state index in [1.807, 2.05) is 25.9 Å². The van der Waals surface area contributed by atoms with Crippen molar-refractivity contribution < 1.29 is 48.7 Å². The second-order valence-corrected chi connectivity index (χ2v) is 13.4. The molecule has 0 aromatic carbocycles. The van der Waals surface area contributed by atoms with Crippen LogP contribution < -0.4 is 0 Å². The first-order chi connectivity index (χ1) is 18.8. The molecule has 2 aliphatic heterocycles. The summed E-state index contributed by atoms with van der Waals surface area (Å²) >= 11 is 0.990. The molecule has 0 spiro atoms. The Morgan fingerprint density at radius 3 is 2.10 bits per heavy atom. The van der Waals surface area contributed by atoms with E-state index in [9.17, 15) is 29.7 Å². The lowest BCUT2D eigenvalue weighted by molar-refractivity contribution is -0.295. The van der Waals surface area contributed by atoms with Crippen molar-refractivity contribution in [2.75, 3.05) is 27.5 Å². The molecule has 41 heavy (non-hydrogen) atoms. The third-order valence-electron chi connectivity index (χ3n) is 8.94. The number of aliphatic hydroxyl groups is 3. The fourth-order valence-electron chi connectivity index (χ4n) is 6.14. The van der Waals surface area contributed by atoms with Crippen LogP contribution >= 0.6 is 11.8 Å².